The van der Waals surface area contributed by atoms with Crippen LogP contribution in [0.4, 0.5) is 16.2 Å². The van der Waals surface area contributed by atoms with Gasteiger partial charge in [-0.3, -0.25) is 9.62 Å². The molecule has 2 aromatic rings. The minimum atomic E-state index is -3.77. The number of hydrogen-bond donors (Lipinski definition) is 2. The molecular weight excluding hydrogens is 382 g/mol. The topological polar surface area (TPSA) is 97.0 Å². The summed E-state index contributed by atoms with van der Waals surface area (Å²) in [5.41, 5.74) is 1.97. The van der Waals surface area contributed by atoms with E-state index in [1.807, 2.05) is 6.92 Å². The Morgan fingerprint density at radius 3 is 2.68 bits per heavy atom. The summed E-state index contributed by atoms with van der Waals surface area (Å²) in [5.74, 6) is 1.11. The van der Waals surface area contributed by atoms with Gasteiger partial charge in [-0.15, -0.1) is 0 Å². The van der Waals surface area contributed by atoms with Crippen molar-refractivity contribution in [1.29, 1.82) is 0 Å². The molecular formula is C19H21N3O5S. The van der Waals surface area contributed by atoms with E-state index in [0.717, 1.165) is 11.3 Å². The van der Waals surface area contributed by atoms with Crippen molar-refractivity contribution >= 4 is 27.4 Å². The number of carbonyl (C=O) groups is 1. The second-order valence-corrected chi connectivity index (χ2v) is 8.17. The maximum Gasteiger partial charge on any atom is 0.321 e. The van der Waals surface area contributed by atoms with Crippen molar-refractivity contribution in [2.24, 2.45) is 0 Å². The predicted octanol–water partition coefficient (Wildman–Crippen LogP) is 2.35. The number of fused-ring (bicyclic) bond motifs is 2. The van der Waals surface area contributed by atoms with Gasteiger partial charge >= 0.3 is 6.03 Å². The molecule has 0 unspecified atom stereocenters. The molecule has 2 aliphatic heterocycles. The summed E-state index contributed by atoms with van der Waals surface area (Å²) < 4.78 is 39.1. The molecule has 148 valence electrons. The fraction of sp³-hybridized carbons (Fsp3) is 0.316. The summed E-state index contributed by atoms with van der Waals surface area (Å²) in [4.78, 5) is 13.9. The first-order valence-electron chi connectivity index (χ1n) is 9.09. The van der Waals surface area contributed by atoms with E-state index in [1.165, 1.54) is 6.07 Å². The Balaban J connectivity index is 1.56. The summed E-state index contributed by atoms with van der Waals surface area (Å²) in [6.45, 7) is 3.82. The SMILES string of the molecule is CCNC(=O)N1CCc2cc(S(=O)(=O)Nc3ccc4c(c3)OCCO4)ccc21. The lowest BCUT2D eigenvalue weighted by Gasteiger charge is -2.19. The number of benzene rings is 2. The van der Waals surface area contributed by atoms with Crippen LogP contribution in [0.15, 0.2) is 41.3 Å². The molecule has 0 saturated carbocycles. The molecule has 2 N–H and O–H groups in total. The molecule has 28 heavy (non-hydrogen) atoms. The summed E-state index contributed by atoms with van der Waals surface area (Å²) in [5, 5.41) is 2.77. The van der Waals surface area contributed by atoms with Crippen molar-refractivity contribution in [3.05, 3.63) is 42.0 Å². The highest BCUT2D eigenvalue weighted by atomic mass is 32.2. The Hall–Kier alpha value is -2.94. The number of carbonyl (C=O) groups excluding carboxylic acids is 1. The quantitative estimate of drug-likeness (QED) is 0.817. The van der Waals surface area contributed by atoms with E-state index in [1.54, 1.807) is 35.2 Å². The summed E-state index contributed by atoms with van der Waals surface area (Å²) in [7, 11) is -3.77. The van der Waals surface area contributed by atoms with Crippen LogP contribution in [0.25, 0.3) is 0 Å². The average molecular weight is 403 g/mol. The van der Waals surface area contributed by atoms with Crippen molar-refractivity contribution in [3.8, 4) is 11.5 Å². The van der Waals surface area contributed by atoms with Crippen LogP contribution in [-0.2, 0) is 16.4 Å². The predicted molar refractivity (Wildman–Crippen MR) is 105 cm³/mol. The molecule has 0 bridgehead atoms. The summed E-state index contributed by atoms with van der Waals surface area (Å²) in [6, 6.07) is 9.55. The van der Waals surface area contributed by atoms with E-state index < -0.39 is 10.0 Å². The van der Waals surface area contributed by atoms with Crippen molar-refractivity contribution in [3.63, 3.8) is 0 Å². The zero-order valence-corrected chi connectivity index (χ0v) is 16.2. The van der Waals surface area contributed by atoms with Gasteiger partial charge in [-0.2, -0.15) is 0 Å². The number of amides is 2. The smallest absolute Gasteiger partial charge is 0.321 e. The lowest BCUT2D eigenvalue weighted by atomic mass is 10.2. The number of rotatable bonds is 4. The lowest BCUT2D eigenvalue weighted by Crippen LogP contribution is -2.38. The number of hydrogen-bond acceptors (Lipinski definition) is 5. The monoisotopic (exact) mass is 403 g/mol. The highest BCUT2D eigenvalue weighted by Gasteiger charge is 2.26. The van der Waals surface area contributed by atoms with Crippen molar-refractivity contribution in [1.82, 2.24) is 5.32 Å². The standard InChI is InChI=1S/C19H21N3O5S/c1-2-20-19(23)22-8-7-13-11-15(4-5-16(13)22)28(24,25)21-14-3-6-17-18(12-14)27-10-9-26-17/h3-6,11-12,21H,2,7-10H2,1H3,(H,20,23). The first kappa shape index (κ1) is 18.4. The number of urea groups is 1. The highest BCUT2D eigenvalue weighted by molar-refractivity contribution is 7.92. The van der Waals surface area contributed by atoms with E-state index in [-0.39, 0.29) is 10.9 Å². The van der Waals surface area contributed by atoms with Crippen LogP contribution < -0.4 is 24.4 Å². The second kappa shape index (κ2) is 7.23. The van der Waals surface area contributed by atoms with Gasteiger partial charge in [-0.05, 0) is 49.2 Å². The Morgan fingerprint density at radius 2 is 1.89 bits per heavy atom. The number of sulfonamides is 1. The van der Waals surface area contributed by atoms with Gasteiger partial charge in [0.25, 0.3) is 10.0 Å². The number of anilines is 2. The normalized spacial score (nSPS) is 15.1. The van der Waals surface area contributed by atoms with Crippen LogP contribution in [0.5, 0.6) is 11.5 Å². The average Bonchev–Trinajstić information content (AvgIpc) is 3.11. The van der Waals surface area contributed by atoms with E-state index in [9.17, 15) is 13.2 Å². The minimum Gasteiger partial charge on any atom is -0.486 e. The first-order valence-corrected chi connectivity index (χ1v) is 10.6. The van der Waals surface area contributed by atoms with Crippen LogP contribution >= 0.6 is 0 Å². The molecule has 4 rings (SSSR count). The van der Waals surface area contributed by atoms with E-state index >= 15 is 0 Å². The van der Waals surface area contributed by atoms with Gasteiger partial charge in [0.15, 0.2) is 11.5 Å². The third kappa shape index (κ3) is 3.45. The van der Waals surface area contributed by atoms with Crippen molar-refractivity contribution < 1.29 is 22.7 Å². The fourth-order valence-corrected chi connectivity index (χ4v) is 4.42. The Labute approximate surface area is 163 Å². The molecule has 0 saturated heterocycles. The first-order chi connectivity index (χ1) is 13.5. The lowest BCUT2D eigenvalue weighted by molar-refractivity contribution is 0.171. The number of nitrogens with one attached hydrogen (secondary N) is 2. The third-order valence-electron chi connectivity index (χ3n) is 4.62. The minimum absolute atomic E-state index is 0.152. The largest absolute Gasteiger partial charge is 0.486 e. The Bertz CT molecular complexity index is 1020. The number of nitrogens with zero attached hydrogens (tertiary/aromatic N) is 1. The van der Waals surface area contributed by atoms with E-state index in [4.69, 9.17) is 9.47 Å². The second-order valence-electron chi connectivity index (χ2n) is 6.49. The molecule has 9 heteroatoms. The third-order valence-corrected chi connectivity index (χ3v) is 6.00. The molecule has 0 aromatic heterocycles. The van der Waals surface area contributed by atoms with Gasteiger partial charge in [0.2, 0.25) is 0 Å². The molecule has 0 spiro atoms. The van der Waals surface area contributed by atoms with E-state index in [2.05, 4.69) is 10.0 Å². The molecule has 2 aliphatic rings. The van der Waals surface area contributed by atoms with Crippen molar-refractivity contribution in [2.45, 2.75) is 18.2 Å². The zero-order chi connectivity index (χ0) is 19.7. The molecule has 0 fully saturated rings. The Morgan fingerprint density at radius 1 is 1.11 bits per heavy atom. The molecule has 2 amide bonds. The van der Waals surface area contributed by atoms with Crippen LogP contribution in [0.1, 0.15) is 12.5 Å². The van der Waals surface area contributed by atoms with Gasteiger partial charge in [0.05, 0.1) is 10.6 Å². The van der Waals surface area contributed by atoms with Crippen LogP contribution in [0.2, 0.25) is 0 Å². The van der Waals surface area contributed by atoms with Gasteiger partial charge in [0, 0.05) is 24.8 Å². The van der Waals surface area contributed by atoms with Gasteiger partial charge < -0.3 is 14.8 Å². The van der Waals surface area contributed by atoms with Crippen LogP contribution in [0, 0.1) is 0 Å². The molecule has 0 aliphatic carbocycles. The number of ether oxygens (including phenoxy) is 2. The molecule has 0 radical (unpaired) electrons. The fourth-order valence-electron chi connectivity index (χ4n) is 3.32. The highest BCUT2D eigenvalue weighted by Crippen LogP contribution is 2.34. The van der Waals surface area contributed by atoms with Crippen LogP contribution in [0.3, 0.4) is 0 Å². The maximum absolute atomic E-state index is 12.8. The van der Waals surface area contributed by atoms with Gasteiger partial charge in [-0.1, -0.05) is 0 Å². The molecule has 0 atom stereocenters. The van der Waals surface area contributed by atoms with E-state index in [0.29, 0.717) is 49.9 Å². The summed E-state index contributed by atoms with van der Waals surface area (Å²) >= 11 is 0. The molecule has 8 nitrogen and oxygen atoms in total. The molecule has 2 aromatic carbocycles. The Kier molecular flexibility index (Phi) is 4.76. The van der Waals surface area contributed by atoms with Gasteiger partial charge in [-0.25, -0.2) is 13.2 Å². The summed E-state index contributed by atoms with van der Waals surface area (Å²) in [6.07, 6.45) is 0.611. The van der Waals surface area contributed by atoms with Crippen LogP contribution in [-0.4, -0.2) is 40.8 Å². The van der Waals surface area contributed by atoms with Gasteiger partial charge in [0.1, 0.15) is 13.2 Å². The zero-order valence-electron chi connectivity index (χ0n) is 15.4. The maximum atomic E-state index is 12.8. The van der Waals surface area contributed by atoms with Crippen molar-refractivity contribution in [2.75, 3.05) is 35.9 Å². The molecule has 2 heterocycles.